The van der Waals surface area contributed by atoms with E-state index in [1.165, 1.54) is 29.7 Å². The molecule has 0 saturated carbocycles. The molecule has 0 radical (unpaired) electrons. The first kappa shape index (κ1) is 13.1. The highest BCUT2D eigenvalue weighted by atomic mass is 32.1. The second kappa shape index (κ2) is 6.01. The number of nitrogens with zero attached hydrogens (tertiary/aromatic N) is 1. The lowest BCUT2D eigenvalue weighted by atomic mass is 10.2. The van der Waals surface area contributed by atoms with Crippen LogP contribution in [0.3, 0.4) is 0 Å². The number of hydrogen-bond donors (Lipinski definition) is 3. The summed E-state index contributed by atoms with van der Waals surface area (Å²) in [5.41, 5.74) is 2.97. The van der Waals surface area contributed by atoms with Crippen LogP contribution in [0.25, 0.3) is 0 Å². The van der Waals surface area contributed by atoms with Gasteiger partial charge in [0.2, 0.25) is 5.91 Å². The largest absolute Gasteiger partial charge is 0.504 e. The Hall–Kier alpha value is -2.34. The number of amides is 1. The van der Waals surface area contributed by atoms with E-state index in [2.05, 4.69) is 10.5 Å². The summed E-state index contributed by atoms with van der Waals surface area (Å²) < 4.78 is 0. The molecule has 19 heavy (non-hydrogen) atoms. The predicted octanol–water partition coefficient (Wildman–Crippen LogP) is 1.85. The maximum absolute atomic E-state index is 11.5. The molecule has 0 spiro atoms. The third-order valence-electron chi connectivity index (χ3n) is 2.32. The molecule has 0 fully saturated rings. The maximum Gasteiger partial charge on any atom is 0.245 e. The second-order valence-electron chi connectivity index (χ2n) is 3.80. The van der Waals surface area contributed by atoms with E-state index in [4.69, 9.17) is 5.11 Å². The van der Waals surface area contributed by atoms with E-state index in [0.29, 0.717) is 5.56 Å². The topological polar surface area (TPSA) is 81.9 Å². The molecule has 0 saturated heterocycles. The van der Waals surface area contributed by atoms with Gasteiger partial charge < -0.3 is 10.2 Å². The molecular weight excluding hydrogens is 264 g/mol. The van der Waals surface area contributed by atoms with Crippen molar-refractivity contribution in [2.24, 2.45) is 5.10 Å². The van der Waals surface area contributed by atoms with Crippen LogP contribution in [0.4, 0.5) is 0 Å². The lowest BCUT2D eigenvalue weighted by molar-refractivity contribution is -0.120. The lowest BCUT2D eigenvalue weighted by Gasteiger charge is -1.99. The quantitative estimate of drug-likeness (QED) is 0.453. The molecule has 98 valence electrons. The van der Waals surface area contributed by atoms with Crippen LogP contribution in [-0.2, 0) is 11.2 Å². The van der Waals surface area contributed by atoms with Crippen LogP contribution in [0, 0.1) is 0 Å². The highest BCUT2D eigenvalue weighted by Crippen LogP contribution is 2.23. The van der Waals surface area contributed by atoms with Gasteiger partial charge in [-0.1, -0.05) is 6.07 Å². The summed E-state index contributed by atoms with van der Waals surface area (Å²) in [7, 11) is 0. The molecule has 5 nitrogen and oxygen atoms in total. The van der Waals surface area contributed by atoms with Gasteiger partial charge in [-0.15, -0.1) is 11.3 Å². The van der Waals surface area contributed by atoms with Crippen molar-refractivity contribution in [3.05, 3.63) is 46.2 Å². The number of benzene rings is 1. The normalized spacial score (nSPS) is 10.7. The Bertz CT molecular complexity index is 594. The van der Waals surface area contributed by atoms with Crippen molar-refractivity contribution in [1.82, 2.24) is 5.43 Å². The Morgan fingerprint density at radius 1 is 1.32 bits per heavy atom. The van der Waals surface area contributed by atoms with Gasteiger partial charge in [-0.05, 0) is 35.2 Å². The molecule has 2 rings (SSSR count). The monoisotopic (exact) mass is 276 g/mol. The van der Waals surface area contributed by atoms with Crippen LogP contribution in [0.1, 0.15) is 10.4 Å². The molecule has 0 unspecified atom stereocenters. The first-order chi connectivity index (χ1) is 9.15. The molecular formula is C13H12N2O3S. The number of nitrogens with one attached hydrogen (secondary N) is 1. The van der Waals surface area contributed by atoms with Crippen LogP contribution in [-0.4, -0.2) is 22.3 Å². The van der Waals surface area contributed by atoms with Crippen LogP contribution in [0.5, 0.6) is 11.5 Å². The van der Waals surface area contributed by atoms with E-state index < -0.39 is 0 Å². The summed E-state index contributed by atoms with van der Waals surface area (Å²) in [4.78, 5) is 12.5. The molecule has 1 aromatic heterocycles. The van der Waals surface area contributed by atoms with Gasteiger partial charge in [0.15, 0.2) is 11.5 Å². The van der Waals surface area contributed by atoms with E-state index in [1.54, 1.807) is 6.07 Å². The number of phenols is 2. The van der Waals surface area contributed by atoms with Gasteiger partial charge in [0, 0.05) is 4.88 Å². The van der Waals surface area contributed by atoms with Gasteiger partial charge >= 0.3 is 0 Å². The lowest BCUT2D eigenvalue weighted by Crippen LogP contribution is -2.19. The molecule has 0 aliphatic carbocycles. The number of rotatable bonds is 4. The van der Waals surface area contributed by atoms with Crippen molar-refractivity contribution in [2.45, 2.75) is 6.42 Å². The molecule has 2 aromatic rings. The first-order valence-corrected chi connectivity index (χ1v) is 6.39. The summed E-state index contributed by atoms with van der Waals surface area (Å²) in [6.45, 7) is 0. The smallest absolute Gasteiger partial charge is 0.245 e. The summed E-state index contributed by atoms with van der Waals surface area (Å²) in [5, 5.41) is 24.1. The number of hydrogen-bond acceptors (Lipinski definition) is 5. The Morgan fingerprint density at radius 2 is 2.16 bits per heavy atom. The van der Waals surface area contributed by atoms with E-state index in [0.717, 1.165) is 4.88 Å². The van der Waals surface area contributed by atoms with Gasteiger partial charge in [-0.2, -0.15) is 5.10 Å². The van der Waals surface area contributed by atoms with Gasteiger partial charge in [-0.25, -0.2) is 5.43 Å². The van der Waals surface area contributed by atoms with Crippen molar-refractivity contribution < 1.29 is 15.0 Å². The van der Waals surface area contributed by atoms with E-state index >= 15 is 0 Å². The SMILES string of the molecule is O=C(Cc1cccs1)N/N=C/c1ccc(O)c(O)c1. The van der Waals surface area contributed by atoms with Gasteiger partial charge in [0.1, 0.15) is 0 Å². The van der Waals surface area contributed by atoms with Crippen molar-refractivity contribution >= 4 is 23.5 Å². The first-order valence-electron chi connectivity index (χ1n) is 5.51. The van der Waals surface area contributed by atoms with Crippen molar-refractivity contribution in [3.63, 3.8) is 0 Å². The van der Waals surface area contributed by atoms with E-state index in [9.17, 15) is 9.90 Å². The minimum absolute atomic E-state index is 0.195. The Kier molecular flexibility index (Phi) is 4.15. The maximum atomic E-state index is 11.5. The van der Waals surface area contributed by atoms with Crippen LogP contribution < -0.4 is 5.43 Å². The number of hydrazone groups is 1. The fraction of sp³-hybridized carbons (Fsp3) is 0.0769. The average Bonchev–Trinajstić information content (AvgIpc) is 2.86. The number of carbonyl (C=O) groups is 1. The minimum Gasteiger partial charge on any atom is -0.504 e. The molecule has 0 aliphatic heterocycles. The number of thiophene rings is 1. The number of aromatic hydroxyl groups is 2. The standard InChI is InChI=1S/C13H12N2O3S/c16-11-4-3-9(6-12(11)17)8-14-15-13(18)7-10-2-1-5-19-10/h1-6,8,16-17H,7H2,(H,15,18)/b14-8+. The summed E-state index contributed by atoms with van der Waals surface area (Å²) in [6.07, 6.45) is 1.68. The Balaban J connectivity index is 1.89. The number of phenolic OH excluding ortho intramolecular Hbond substituents is 2. The molecule has 3 N–H and O–H groups in total. The molecule has 6 heteroatoms. The summed E-state index contributed by atoms with van der Waals surface area (Å²) >= 11 is 1.51. The Labute approximate surface area is 113 Å². The zero-order chi connectivity index (χ0) is 13.7. The molecule has 1 aromatic carbocycles. The van der Waals surface area contributed by atoms with Gasteiger partial charge in [0.05, 0.1) is 12.6 Å². The average molecular weight is 276 g/mol. The van der Waals surface area contributed by atoms with Crippen LogP contribution in [0.15, 0.2) is 40.8 Å². The fourth-order valence-electron chi connectivity index (χ4n) is 1.41. The van der Waals surface area contributed by atoms with Crippen LogP contribution >= 0.6 is 11.3 Å². The molecule has 1 heterocycles. The van der Waals surface area contributed by atoms with E-state index in [-0.39, 0.29) is 23.8 Å². The van der Waals surface area contributed by atoms with Crippen molar-refractivity contribution in [3.8, 4) is 11.5 Å². The van der Waals surface area contributed by atoms with Crippen LogP contribution in [0.2, 0.25) is 0 Å². The highest BCUT2D eigenvalue weighted by molar-refractivity contribution is 7.10. The second-order valence-corrected chi connectivity index (χ2v) is 4.83. The minimum atomic E-state index is -0.228. The molecule has 1 amide bonds. The third kappa shape index (κ3) is 3.82. The number of carbonyl (C=O) groups excluding carboxylic acids is 1. The zero-order valence-electron chi connectivity index (χ0n) is 9.91. The fourth-order valence-corrected chi connectivity index (χ4v) is 2.11. The predicted molar refractivity (Wildman–Crippen MR) is 73.5 cm³/mol. The molecule has 0 atom stereocenters. The third-order valence-corrected chi connectivity index (χ3v) is 3.19. The van der Waals surface area contributed by atoms with Gasteiger partial charge in [0.25, 0.3) is 0 Å². The van der Waals surface area contributed by atoms with Crippen molar-refractivity contribution in [2.75, 3.05) is 0 Å². The van der Waals surface area contributed by atoms with E-state index in [1.807, 2.05) is 17.5 Å². The van der Waals surface area contributed by atoms with Crippen molar-refractivity contribution in [1.29, 1.82) is 0 Å². The van der Waals surface area contributed by atoms with Gasteiger partial charge in [-0.3, -0.25) is 4.79 Å². The Morgan fingerprint density at radius 3 is 2.84 bits per heavy atom. The molecule has 0 bridgehead atoms. The molecule has 0 aliphatic rings. The zero-order valence-corrected chi connectivity index (χ0v) is 10.7. The summed E-state index contributed by atoms with van der Waals surface area (Å²) in [5.74, 6) is -0.630. The highest BCUT2D eigenvalue weighted by Gasteiger charge is 2.02. The summed E-state index contributed by atoms with van der Waals surface area (Å²) in [6, 6.07) is 8.04.